The molecule has 0 bridgehead atoms. The van der Waals surface area contributed by atoms with Crippen LogP contribution in [0.3, 0.4) is 0 Å². The molecule has 1 heteroatoms. The van der Waals surface area contributed by atoms with Gasteiger partial charge < -0.3 is 5.11 Å². The van der Waals surface area contributed by atoms with Crippen molar-refractivity contribution >= 4 is 0 Å². The maximum atomic E-state index is 10.5. The molecular formula is C23H32O. The Morgan fingerprint density at radius 1 is 0.708 bits per heavy atom. The number of aromatic hydroxyl groups is 1. The average molecular weight is 325 g/mol. The van der Waals surface area contributed by atoms with Crippen LogP contribution in [0.1, 0.15) is 69.9 Å². The molecule has 130 valence electrons. The number of unbranched alkanes of at least 4 members (excludes halogenated alkanes) is 5. The van der Waals surface area contributed by atoms with Gasteiger partial charge >= 0.3 is 0 Å². The van der Waals surface area contributed by atoms with E-state index in [1.165, 1.54) is 49.7 Å². The van der Waals surface area contributed by atoms with Gasteiger partial charge in [-0.05, 0) is 42.0 Å². The largest absolute Gasteiger partial charge is 0.507 e. The van der Waals surface area contributed by atoms with Crippen molar-refractivity contribution < 1.29 is 5.11 Å². The van der Waals surface area contributed by atoms with Gasteiger partial charge in [-0.1, -0.05) is 88.8 Å². The van der Waals surface area contributed by atoms with Gasteiger partial charge in [0.25, 0.3) is 0 Å². The van der Waals surface area contributed by atoms with Crippen LogP contribution in [0.5, 0.6) is 5.75 Å². The minimum atomic E-state index is 0.419. The molecule has 0 aromatic heterocycles. The molecule has 1 N–H and O–H groups in total. The zero-order valence-electron chi connectivity index (χ0n) is 15.4. The van der Waals surface area contributed by atoms with E-state index < -0.39 is 0 Å². The van der Waals surface area contributed by atoms with Crippen LogP contribution >= 0.6 is 0 Å². The summed E-state index contributed by atoms with van der Waals surface area (Å²) in [6, 6.07) is 14.3. The third kappa shape index (κ3) is 5.12. The Balaban J connectivity index is 2.20. The van der Waals surface area contributed by atoms with E-state index in [-0.39, 0.29) is 0 Å². The van der Waals surface area contributed by atoms with Crippen LogP contribution < -0.4 is 0 Å². The molecular weight excluding hydrogens is 292 g/mol. The number of rotatable bonds is 10. The van der Waals surface area contributed by atoms with E-state index in [4.69, 9.17) is 0 Å². The van der Waals surface area contributed by atoms with Crippen LogP contribution in [0.25, 0.3) is 11.1 Å². The molecule has 0 fully saturated rings. The lowest BCUT2D eigenvalue weighted by atomic mass is 9.89. The Hall–Kier alpha value is -1.76. The second kappa shape index (κ2) is 10.2. The Labute approximate surface area is 147 Å². The monoisotopic (exact) mass is 324 g/mol. The molecule has 1 nitrogen and oxygen atoms in total. The van der Waals surface area contributed by atoms with Crippen LogP contribution in [0.2, 0.25) is 0 Å². The van der Waals surface area contributed by atoms with Gasteiger partial charge in [-0.25, -0.2) is 0 Å². The van der Waals surface area contributed by atoms with E-state index in [0.717, 1.165) is 30.4 Å². The van der Waals surface area contributed by atoms with Crippen LogP contribution in [0.4, 0.5) is 0 Å². The first-order valence-corrected chi connectivity index (χ1v) is 9.67. The number of hydrogen-bond donors (Lipinski definition) is 1. The molecule has 0 saturated carbocycles. The van der Waals surface area contributed by atoms with E-state index in [0.29, 0.717) is 5.75 Å². The second-order valence-electron chi connectivity index (χ2n) is 6.73. The van der Waals surface area contributed by atoms with Crippen molar-refractivity contribution in [3.63, 3.8) is 0 Å². The maximum absolute atomic E-state index is 10.5. The molecule has 0 spiro atoms. The topological polar surface area (TPSA) is 20.2 Å². The van der Waals surface area contributed by atoms with E-state index in [2.05, 4.69) is 44.2 Å². The minimum Gasteiger partial charge on any atom is -0.507 e. The predicted molar refractivity (Wildman–Crippen MR) is 105 cm³/mol. The lowest BCUT2D eigenvalue weighted by molar-refractivity contribution is 0.476. The van der Waals surface area contributed by atoms with E-state index >= 15 is 0 Å². The fourth-order valence-corrected chi connectivity index (χ4v) is 3.48. The van der Waals surface area contributed by atoms with Crippen molar-refractivity contribution in [3.8, 4) is 16.9 Å². The first kappa shape index (κ1) is 18.6. The predicted octanol–water partition coefficient (Wildman–Crippen LogP) is 6.91. The van der Waals surface area contributed by atoms with Gasteiger partial charge in [0.15, 0.2) is 0 Å². The van der Waals surface area contributed by atoms with Gasteiger partial charge in [-0.15, -0.1) is 0 Å². The molecule has 2 aromatic carbocycles. The number of phenolic OH excluding ortho intramolecular Hbond substituents is 1. The first-order valence-electron chi connectivity index (χ1n) is 9.67. The Morgan fingerprint density at radius 2 is 1.42 bits per heavy atom. The lowest BCUT2D eigenvalue weighted by Crippen LogP contribution is -1.99. The van der Waals surface area contributed by atoms with Crippen LogP contribution in [-0.4, -0.2) is 5.11 Å². The zero-order valence-corrected chi connectivity index (χ0v) is 15.4. The molecule has 2 aromatic rings. The summed E-state index contributed by atoms with van der Waals surface area (Å²) in [6.07, 6.45) is 11.1. The number of phenols is 1. The van der Waals surface area contributed by atoms with Gasteiger partial charge in [0.2, 0.25) is 0 Å². The summed E-state index contributed by atoms with van der Waals surface area (Å²) in [5.41, 5.74) is 4.95. The van der Waals surface area contributed by atoms with Gasteiger partial charge in [0.05, 0.1) is 0 Å². The first-order chi connectivity index (χ1) is 11.8. The highest BCUT2D eigenvalue weighted by Gasteiger charge is 2.14. The van der Waals surface area contributed by atoms with Crippen LogP contribution in [-0.2, 0) is 12.8 Å². The fraction of sp³-hybridized carbons (Fsp3) is 0.478. The normalized spacial score (nSPS) is 10.9. The fourth-order valence-electron chi connectivity index (χ4n) is 3.48. The van der Waals surface area contributed by atoms with Gasteiger partial charge in [-0.2, -0.15) is 0 Å². The molecule has 0 saturated heterocycles. The summed E-state index contributed by atoms with van der Waals surface area (Å²) in [5, 5.41) is 10.5. The summed E-state index contributed by atoms with van der Waals surface area (Å²) in [6.45, 7) is 4.49. The van der Waals surface area contributed by atoms with Crippen LogP contribution in [0.15, 0.2) is 42.5 Å². The van der Waals surface area contributed by atoms with Crippen molar-refractivity contribution in [2.75, 3.05) is 0 Å². The molecule has 0 aliphatic carbocycles. The highest BCUT2D eigenvalue weighted by atomic mass is 16.3. The third-order valence-electron chi connectivity index (χ3n) is 4.75. The number of hydrogen-bond acceptors (Lipinski definition) is 1. The summed E-state index contributed by atoms with van der Waals surface area (Å²) in [5.74, 6) is 0.419. The van der Waals surface area contributed by atoms with Gasteiger partial charge in [0, 0.05) is 5.56 Å². The smallest absolute Gasteiger partial charge is 0.123 e. The van der Waals surface area contributed by atoms with Crippen molar-refractivity contribution in [1.82, 2.24) is 0 Å². The average Bonchev–Trinajstić information content (AvgIpc) is 2.61. The van der Waals surface area contributed by atoms with Crippen molar-refractivity contribution in [2.45, 2.75) is 71.6 Å². The second-order valence-corrected chi connectivity index (χ2v) is 6.73. The molecule has 0 aliphatic rings. The van der Waals surface area contributed by atoms with Crippen molar-refractivity contribution in [2.24, 2.45) is 0 Å². The molecule has 0 radical (unpaired) electrons. The van der Waals surface area contributed by atoms with E-state index in [1.807, 2.05) is 12.1 Å². The summed E-state index contributed by atoms with van der Waals surface area (Å²) in [7, 11) is 0. The van der Waals surface area contributed by atoms with Crippen molar-refractivity contribution in [3.05, 3.63) is 53.6 Å². The van der Waals surface area contributed by atoms with Crippen LogP contribution in [0, 0.1) is 0 Å². The minimum absolute atomic E-state index is 0.419. The van der Waals surface area contributed by atoms with E-state index in [1.54, 1.807) is 0 Å². The molecule has 0 heterocycles. The number of aryl methyl sites for hydroxylation is 1. The lowest BCUT2D eigenvalue weighted by Gasteiger charge is -2.17. The molecule has 2 rings (SSSR count). The highest BCUT2D eigenvalue weighted by Crippen LogP contribution is 2.36. The molecule has 0 amide bonds. The standard InChI is InChI=1S/C23H32O/c1-3-5-6-7-8-12-16-21-19(13-4-2)17-18-22(24)23(21)20-14-10-9-11-15-20/h9-11,14-15,17-18,24H,3-8,12-13,16H2,1-2H3. The van der Waals surface area contributed by atoms with Gasteiger partial charge in [0.1, 0.15) is 5.75 Å². The SMILES string of the molecule is CCCCCCCCc1c(CCC)ccc(O)c1-c1ccccc1. The summed E-state index contributed by atoms with van der Waals surface area (Å²) >= 11 is 0. The van der Waals surface area contributed by atoms with Crippen molar-refractivity contribution in [1.29, 1.82) is 0 Å². The Bertz CT molecular complexity index is 601. The number of benzene rings is 2. The molecule has 0 aliphatic heterocycles. The maximum Gasteiger partial charge on any atom is 0.123 e. The third-order valence-corrected chi connectivity index (χ3v) is 4.75. The Morgan fingerprint density at radius 3 is 2.12 bits per heavy atom. The quantitative estimate of drug-likeness (QED) is 0.470. The van der Waals surface area contributed by atoms with Gasteiger partial charge in [-0.3, -0.25) is 0 Å². The van der Waals surface area contributed by atoms with E-state index in [9.17, 15) is 5.11 Å². The highest BCUT2D eigenvalue weighted by molar-refractivity contribution is 5.75. The molecule has 24 heavy (non-hydrogen) atoms. The Kier molecular flexibility index (Phi) is 7.88. The zero-order chi connectivity index (χ0) is 17.2. The summed E-state index contributed by atoms with van der Waals surface area (Å²) in [4.78, 5) is 0. The molecule has 0 atom stereocenters. The summed E-state index contributed by atoms with van der Waals surface area (Å²) < 4.78 is 0. The molecule has 0 unspecified atom stereocenters.